The molecule has 0 aliphatic carbocycles. The number of hydrogen-bond acceptors (Lipinski definition) is 14. The Kier molecular flexibility index (Phi) is 68.5. The average molecular weight is 1420 g/mol. The number of ether oxygens (including phenoxy) is 3. The van der Waals surface area contributed by atoms with Crippen LogP contribution in [0, 0.1) is 0 Å². The zero-order chi connectivity index (χ0) is 72.3. The van der Waals surface area contributed by atoms with Crippen molar-refractivity contribution in [3.8, 4) is 0 Å². The molecule has 0 fully saturated rings. The predicted molar refractivity (Wildman–Crippen MR) is 408 cm³/mol. The molecule has 0 saturated carbocycles. The molecule has 99 heavy (non-hydrogen) atoms. The lowest BCUT2D eigenvalue weighted by atomic mass is 10.0. The van der Waals surface area contributed by atoms with Gasteiger partial charge in [-0.1, -0.05) is 274 Å². The minimum absolute atomic E-state index is 0.00266. The Bertz CT molecular complexity index is 2530. The molecule has 0 aromatic heterocycles. The highest BCUT2D eigenvalue weighted by molar-refractivity contribution is 7.47. The summed E-state index contributed by atoms with van der Waals surface area (Å²) in [5.41, 5.74) is 0. The van der Waals surface area contributed by atoms with Crippen LogP contribution in [0.25, 0.3) is 0 Å². The van der Waals surface area contributed by atoms with Gasteiger partial charge in [0.2, 0.25) is 0 Å². The zero-order valence-electron chi connectivity index (χ0n) is 60.8. The third kappa shape index (κ3) is 73.7. The number of carbonyl (C=O) groups is 3. The number of rotatable bonds is 68. The van der Waals surface area contributed by atoms with Gasteiger partial charge in [0.05, 0.1) is 26.4 Å². The summed E-state index contributed by atoms with van der Waals surface area (Å²) in [5.74, 6) is -1.76. The molecule has 0 rings (SSSR count). The summed E-state index contributed by atoms with van der Waals surface area (Å²) < 4.78 is 60.9. The van der Waals surface area contributed by atoms with E-state index < -0.39 is 91.5 Å². The Balaban J connectivity index is 4.70. The van der Waals surface area contributed by atoms with Crippen LogP contribution in [-0.2, 0) is 55.8 Å². The van der Waals surface area contributed by atoms with Crippen LogP contribution >= 0.6 is 15.6 Å². The lowest BCUT2D eigenvalue weighted by Crippen LogP contribution is -2.30. The Morgan fingerprint density at radius 2 is 0.566 bits per heavy atom. The summed E-state index contributed by atoms with van der Waals surface area (Å²) in [7, 11) is -9.84. The van der Waals surface area contributed by atoms with Gasteiger partial charge in [0, 0.05) is 19.3 Å². The van der Waals surface area contributed by atoms with Gasteiger partial charge in [-0.05, 0) is 141 Å². The highest BCUT2D eigenvalue weighted by Crippen LogP contribution is 2.45. The smallest absolute Gasteiger partial charge is 0.463 e. The fourth-order valence-electron chi connectivity index (χ4n) is 9.03. The van der Waals surface area contributed by atoms with Gasteiger partial charge in [0.25, 0.3) is 0 Å². The maximum atomic E-state index is 12.9. The number of carbonyl (C=O) groups excluding carboxylic acids is 3. The van der Waals surface area contributed by atoms with Crippen LogP contribution in [0.4, 0.5) is 0 Å². The van der Waals surface area contributed by atoms with E-state index in [0.29, 0.717) is 32.1 Å². The second-order valence-corrected chi connectivity index (χ2v) is 26.9. The fourth-order valence-corrected chi connectivity index (χ4v) is 10.6. The molecule has 0 aliphatic rings. The highest BCUT2D eigenvalue weighted by Gasteiger charge is 2.29. The van der Waals surface area contributed by atoms with Crippen molar-refractivity contribution in [1.29, 1.82) is 0 Å². The van der Waals surface area contributed by atoms with E-state index in [1.165, 1.54) is 64.2 Å². The number of phosphoric ester groups is 2. The molecule has 18 heteroatoms. The lowest BCUT2D eigenvalue weighted by molar-refractivity contribution is -0.161. The van der Waals surface area contributed by atoms with E-state index in [-0.39, 0.29) is 19.3 Å². The minimum atomic E-state index is -4.97. The molecule has 560 valence electrons. The number of phosphoric acid groups is 2. The Hall–Kier alpha value is -5.35. The molecule has 0 bridgehead atoms. The van der Waals surface area contributed by atoms with E-state index in [1.807, 2.05) is 30.4 Å². The number of esters is 3. The molecule has 16 nitrogen and oxygen atoms in total. The molecule has 5 atom stereocenters. The quantitative estimate of drug-likeness (QED) is 0.0146. The van der Waals surface area contributed by atoms with Gasteiger partial charge in [0.1, 0.15) is 25.4 Å². The van der Waals surface area contributed by atoms with Crippen molar-refractivity contribution in [3.05, 3.63) is 182 Å². The van der Waals surface area contributed by atoms with E-state index in [2.05, 4.69) is 173 Å². The van der Waals surface area contributed by atoms with Crippen LogP contribution < -0.4 is 0 Å². The third-order valence-corrected chi connectivity index (χ3v) is 16.5. The molecule has 0 spiro atoms. The van der Waals surface area contributed by atoms with Gasteiger partial charge in [-0.2, -0.15) is 0 Å². The van der Waals surface area contributed by atoms with Crippen molar-refractivity contribution in [3.63, 3.8) is 0 Å². The normalized spacial score (nSPS) is 15.1. The molecule has 0 aromatic rings. The van der Waals surface area contributed by atoms with Crippen LogP contribution in [0.1, 0.15) is 252 Å². The molecule has 0 aromatic carbocycles. The standard InChI is InChI=1S/C81H130O16P2/c1-4-7-10-13-16-19-22-25-28-31-33-34-35-36-37-38-39-40-42-45-46-49-52-55-58-61-64-67-79(84)91-70-76(82)71-93-98(87,88)94-72-77(83)73-95-99(89,90)96-75-78(97-81(86)69-66-63-60-57-54-51-48-43-30-27-24-21-18-15-12-9-6-3)74-92-80(85)68-65-62-59-56-53-50-47-44-41-32-29-26-23-20-17-14-11-8-5-2/h8-9,11-12,16-21,25-30,33-34,36-37,41,44,48,50-51,53,57,59-60,62,76-78,82-83H,4-7,10,13-15,22-24,31-32,35,38-40,42-43,45-47,49,52,54-56,58,61,63-75H2,1-3H3,(H,87,88)(H,89,90)/b11-8-,12-9-,19-16-,20-17-,21-18-,28-25-,29-26-,30-27-,34-33-,37-36-,44-41-,51-48-,53-50-,60-57-,62-59-. The van der Waals surface area contributed by atoms with Crippen molar-refractivity contribution in [2.45, 2.75) is 270 Å². The number of allylic oxidation sites excluding steroid dienone is 30. The van der Waals surface area contributed by atoms with Gasteiger partial charge in [-0.15, -0.1) is 0 Å². The van der Waals surface area contributed by atoms with E-state index in [1.54, 1.807) is 0 Å². The molecule has 0 aliphatic heterocycles. The van der Waals surface area contributed by atoms with Gasteiger partial charge in [-0.3, -0.25) is 32.5 Å². The average Bonchev–Trinajstić information content (AvgIpc) is 3.78. The predicted octanol–water partition coefficient (Wildman–Crippen LogP) is 21.4. The molecule has 4 N–H and O–H groups in total. The molecular formula is C81H130O16P2. The largest absolute Gasteiger partial charge is 0.472 e. The first-order valence-corrected chi connectivity index (χ1v) is 40.1. The summed E-state index contributed by atoms with van der Waals surface area (Å²) in [4.78, 5) is 58.5. The van der Waals surface area contributed by atoms with Crippen LogP contribution in [0.3, 0.4) is 0 Å². The molecular weight excluding hydrogens is 1290 g/mol. The van der Waals surface area contributed by atoms with Crippen molar-refractivity contribution < 1.29 is 75.8 Å². The summed E-state index contributed by atoms with van der Waals surface area (Å²) in [6.07, 6.45) is 92.6. The van der Waals surface area contributed by atoms with Gasteiger partial charge in [0.15, 0.2) is 6.10 Å². The zero-order valence-corrected chi connectivity index (χ0v) is 62.6. The van der Waals surface area contributed by atoms with Crippen molar-refractivity contribution >= 4 is 33.6 Å². The first-order valence-electron chi connectivity index (χ1n) is 37.1. The fraction of sp³-hybridized carbons (Fsp3) is 0.593. The van der Waals surface area contributed by atoms with Gasteiger partial charge >= 0.3 is 33.6 Å². The maximum Gasteiger partial charge on any atom is 0.472 e. The van der Waals surface area contributed by atoms with E-state index in [0.717, 1.165) is 116 Å². The van der Waals surface area contributed by atoms with Crippen molar-refractivity contribution in [2.75, 3.05) is 39.6 Å². The Morgan fingerprint density at radius 1 is 0.293 bits per heavy atom. The first-order chi connectivity index (χ1) is 48.2. The number of unbranched alkanes of at least 4 members (excludes halogenated alkanes) is 15. The highest BCUT2D eigenvalue weighted by atomic mass is 31.2. The molecule has 0 amide bonds. The summed E-state index contributed by atoms with van der Waals surface area (Å²) in [5, 5.41) is 20.6. The first kappa shape index (κ1) is 93.6. The monoisotopic (exact) mass is 1420 g/mol. The Labute approximate surface area is 598 Å². The molecule has 0 saturated heterocycles. The van der Waals surface area contributed by atoms with Gasteiger partial charge < -0.3 is 34.2 Å². The van der Waals surface area contributed by atoms with Crippen LogP contribution in [0.15, 0.2) is 182 Å². The summed E-state index contributed by atoms with van der Waals surface area (Å²) in [6, 6.07) is 0. The maximum absolute atomic E-state index is 12.9. The number of aliphatic hydroxyl groups is 2. The van der Waals surface area contributed by atoms with Crippen molar-refractivity contribution in [2.24, 2.45) is 0 Å². The van der Waals surface area contributed by atoms with Crippen LogP contribution in [0.2, 0.25) is 0 Å². The third-order valence-electron chi connectivity index (χ3n) is 14.6. The van der Waals surface area contributed by atoms with E-state index in [9.17, 15) is 43.5 Å². The van der Waals surface area contributed by atoms with Crippen LogP contribution in [-0.4, -0.2) is 95.9 Å². The number of hydrogen-bond donors (Lipinski definition) is 4. The van der Waals surface area contributed by atoms with Crippen molar-refractivity contribution in [1.82, 2.24) is 0 Å². The SMILES string of the molecule is CC/C=C\C/C=C\C/C=C\C/C=C\C/C=C\C/C=C\CCC(=O)OCC(COP(=O)(O)OCC(O)COP(=O)(O)OCC(O)COC(=O)CCCCCCCCCCCCC/C=C\C/C=C\C/C=C\C/C=C\CCCCC)OC(=O)CCC/C=C\C/C=C\C/C=C\C/C=C\C/C=C\CC. The van der Waals surface area contributed by atoms with E-state index in [4.69, 9.17) is 32.3 Å². The second-order valence-electron chi connectivity index (χ2n) is 24.0. The van der Waals surface area contributed by atoms with Crippen LogP contribution in [0.5, 0.6) is 0 Å². The second kappa shape index (κ2) is 72.4. The number of aliphatic hydroxyl groups excluding tert-OH is 2. The molecule has 5 unspecified atom stereocenters. The topological polar surface area (TPSA) is 231 Å². The lowest BCUT2D eigenvalue weighted by Gasteiger charge is -2.21. The van der Waals surface area contributed by atoms with Gasteiger partial charge in [-0.25, -0.2) is 9.13 Å². The van der Waals surface area contributed by atoms with E-state index >= 15 is 0 Å². The molecule has 0 heterocycles. The summed E-state index contributed by atoms with van der Waals surface area (Å²) >= 11 is 0. The molecule has 0 radical (unpaired) electrons. The minimum Gasteiger partial charge on any atom is -0.463 e. The Morgan fingerprint density at radius 3 is 0.939 bits per heavy atom. The summed E-state index contributed by atoms with van der Waals surface area (Å²) in [6.45, 7) is 2.22.